The minimum Gasteiger partial charge on any atom is -0.354 e. The number of nitrogens with one attached hydrogen (secondary N) is 3. The van der Waals surface area contributed by atoms with Gasteiger partial charge in [0, 0.05) is 23.7 Å². The standard InChI is InChI=1S/C26H36N4OS2/c1-19(2)24(29-26(32)28-22-7-5-4-6-8-22)25(31)27-17-20-13-15-30(16-14-20)18-21-9-11-23(33-3)12-10-21/h4-12,19-20,24H,13-18H2,1-3H3,(H,27,31)(H2,28,29,32)/t24-/m0/s1. The van der Waals surface area contributed by atoms with Crippen LogP contribution in [0.2, 0.25) is 0 Å². The van der Waals surface area contributed by atoms with E-state index in [1.54, 1.807) is 11.8 Å². The minimum atomic E-state index is -0.363. The molecule has 1 saturated heterocycles. The van der Waals surface area contributed by atoms with E-state index in [1.165, 1.54) is 10.5 Å². The van der Waals surface area contributed by atoms with Crippen molar-refractivity contribution in [1.82, 2.24) is 15.5 Å². The molecule has 1 aliphatic heterocycles. The van der Waals surface area contributed by atoms with Crippen molar-refractivity contribution in [1.29, 1.82) is 0 Å². The van der Waals surface area contributed by atoms with Gasteiger partial charge in [-0.2, -0.15) is 0 Å². The van der Waals surface area contributed by atoms with Crippen LogP contribution in [-0.4, -0.2) is 47.9 Å². The van der Waals surface area contributed by atoms with E-state index in [4.69, 9.17) is 12.2 Å². The monoisotopic (exact) mass is 484 g/mol. The fraction of sp³-hybridized carbons (Fsp3) is 0.462. The van der Waals surface area contributed by atoms with Crippen molar-refractivity contribution in [3.8, 4) is 0 Å². The maximum Gasteiger partial charge on any atom is 0.242 e. The largest absolute Gasteiger partial charge is 0.354 e. The number of piperidine rings is 1. The SMILES string of the molecule is CSc1ccc(CN2CCC(CNC(=O)[C@@H](NC(=S)Nc3ccccc3)C(C)C)CC2)cc1. The highest BCUT2D eigenvalue weighted by Gasteiger charge is 2.25. The second-order valence-corrected chi connectivity index (χ2v) is 10.3. The molecule has 0 spiro atoms. The Kier molecular flexibility index (Phi) is 10.0. The van der Waals surface area contributed by atoms with Crippen molar-refractivity contribution >= 4 is 40.7 Å². The predicted octanol–water partition coefficient (Wildman–Crippen LogP) is 4.75. The second kappa shape index (κ2) is 13.0. The number of benzene rings is 2. The molecule has 3 N–H and O–H groups in total. The molecule has 178 valence electrons. The first-order chi connectivity index (χ1) is 15.9. The van der Waals surface area contributed by atoms with Gasteiger partial charge in [-0.15, -0.1) is 11.8 Å². The van der Waals surface area contributed by atoms with Gasteiger partial charge >= 0.3 is 0 Å². The Hall–Kier alpha value is -2.09. The molecule has 5 nitrogen and oxygen atoms in total. The Morgan fingerprint density at radius 1 is 1.09 bits per heavy atom. The zero-order chi connectivity index (χ0) is 23.6. The van der Waals surface area contributed by atoms with Gasteiger partial charge < -0.3 is 16.0 Å². The molecule has 1 fully saturated rings. The van der Waals surface area contributed by atoms with Crippen LogP contribution in [0, 0.1) is 11.8 Å². The van der Waals surface area contributed by atoms with Gasteiger partial charge in [0.25, 0.3) is 0 Å². The molecule has 3 rings (SSSR count). The number of para-hydroxylation sites is 1. The van der Waals surface area contributed by atoms with Crippen LogP contribution in [0.3, 0.4) is 0 Å². The number of nitrogens with zero attached hydrogens (tertiary/aromatic N) is 1. The van der Waals surface area contributed by atoms with Crippen LogP contribution >= 0.6 is 24.0 Å². The lowest BCUT2D eigenvalue weighted by Crippen LogP contribution is -2.52. The van der Waals surface area contributed by atoms with E-state index in [0.29, 0.717) is 11.0 Å². The average molecular weight is 485 g/mol. The minimum absolute atomic E-state index is 0.0125. The number of carbonyl (C=O) groups excluding carboxylic acids is 1. The highest BCUT2D eigenvalue weighted by molar-refractivity contribution is 7.98. The van der Waals surface area contributed by atoms with Crippen molar-refractivity contribution < 1.29 is 4.79 Å². The van der Waals surface area contributed by atoms with Gasteiger partial charge in [0.2, 0.25) is 5.91 Å². The van der Waals surface area contributed by atoms with E-state index in [1.807, 2.05) is 44.2 Å². The second-order valence-electron chi connectivity index (χ2n) is 9.00. The molecule has 0 saturated carbocycles. The first-order valence-electron chi connectivity index (χ1n) is 11.7. The number of rotatable bonds is 9. The number of likely N-dealkylation sites (tertiary alicyclic amines) is 1. The summed E-state index contributed by atoms with van der Waals surface area (Å²) < 4.78 is 0. The number of hydrogen-bond acceptors (Lipinski definition) is 4. The molecular formula is C26H36N4OS2. The van der Waals surface area contributed by atoms with Crippen LogP contribution in [0.25, 0.3) is 0 Å². The average Bonchev–Trinajstić information content (AvgIpc) is 2.83. The van der Waals surface area contributed by atoms with Gasteiger partial charge in [-0.1, -0.05) is 44.2 Å². The van der Waals surface area contributed by atoms with E-state index in [9.17, 15) is 4.79 Å². The van der Waals surface area contributed by atoms with E-state index >= 15 is 0 Å². The summed E-state index contributed by atoms with van der Waals surface area (Å²) in [7, 11) is 0. The molecule has 1 aliphatic rings. The first kappa shape index (κ1) is 25.5. The first-order valence-corrected chi connectivity index (χ1v) is 13.3. The fourth-order valence-electron chi connectivity index (χ4n) is 4.06. The van der Waals surface area contributed by atoms with Crippen LogP contribution in [0.4, 0.5) is 5.69 Å². The lowest BCUT2D eigenvalue weighted by molar-refractivity contribution is -0.124. The number of thioether (sulfide) groups is 1. The summed E-state index contributed by atoms with van der Waals surface area (Å²) in [5, 5.41) is 9.98. The third-order valence-corrected chi connectivity index (χ3v) is 7.07. The summed E-state index contributed by atoms with van der Waals surface area (Å²) in [4.78, 5) is 16.7. The van der Waals surface area contributed by atoms with Crippen LogP contribution in [0.5, 0.6) is 0 Å². The molecule has 1 heterocycles. The maximum absolute atomic E-state index is 12.9. The van der Waals surface area contributed by atoms with Crippen LogP contribution in [0.1, 0.15) is 32.3 Å². The topological polar surface area (TPSA) is 56.4 Å². The van der Waals surface area contributed by atoms with Crippen LogP contribution < -0.4 is 16.0 Å². The summed E-state index contributed by atoms with van der Waals surface area (Å²) in [5.74, 6) is 0.657. The molecular weight excluding hydrogens is 448 g/mol. The van der Waals surface area contributed by atoms with Crippen LogP contribution in [-0.2, 0) is 11.3 Å². The Labute approximate surface area is 208 Å². The van der Waals surface area contributed by atoms with Gasteiger partial charge in [0.1, 0.15) is 6.04 Å². The molecule has 33 heavy (non-hydrogen) atoms. The zero-order valence-corrected chi connectivity index (χ0v) is 21.5. The van der Waals surface area contributed by atoms with E-state index in [2.05, 4.69) is 51.4 Å². The Bertz CT molecular complexity index is 881. The molecule has 2 aromatic rings. The summed E-state index contributed by atoms with van der Waals surface area (Å²) in [6.45, 7) is 7.93. The molecule has 0 aromatic heterocycles. The maximum atomic E-state index is 12.9. The lowest BCUT2D eigenvalue weighted by atomic mass is 9.96. The molecule has 1 atom stereocenters. The third kappa shape index (κ3) is 8.32. The van der Waals surface area contributed by atoms with E-state index in [0.717, 1.165) is 44.7 Å². The summed E-state index contributed by atoms with van der Waals surface area (Å²) >= 11 is 7.21. The predicted molar refractivity (Wildman–Crippen MR) is 144 cm³/mol. The molecule has 0 bridgehead atoms. The van der Waals surface area contributed by atoms with Gasteiger partial charge in [0.05, 0.1) is 0 Å². The molecule has 7 heteroatoms. The van der Waals surface area contributed by atoms with Crippen molar-refractivity contribution in [3.63, 3.8) is 0 Å². The number of hydrogen-bond donors (Lipinski definition) is 3. The molecule has 1 amide bonds. The van der Waals surface area contributed by atoms with Crippen molar-refractivity contribution in [2.75, 3.05) is 31.2 Å². The molecule has 2 aromatic carbocycles. The van der Waals surface area contributed by atoms with E-state index in [-0.39, 0.29) is 17.9 Å². The number of thiocarbonyl (C=S) groups is 1. The summed E-state index contributed by atoms with van der Waals surface area (Å²) in [6.07, 6.45) is 4.32. The highest BCUT2D eigenvalue weighted by Crippen LogP contribution is 2.20. The Morgan fingerprint density at radius 2 is 1.76 bits per heavy atom. The van der Waals surface area contributed by atoms with Crippen molar-refractivity contribution in [3.05, 3.63) is 60.2 Å². The Morgan fingerprint density at radius 3 is 2.36 bits per heavy atom. The van der Waals surface area contributed by atoms with Gasteiger partial charge in [-0.25, -0.2) is 0 Å². The molecule has 0 unspecified atom stereocenters. The zero-order valence-electron chi connectivity index (χ0n) is 19.8. The van der Waals surface area contributed by atoms with Gasteiger partial charge in [-0.3, -0.25) is 9.69 Å². The normalized spacial score (nSPS) is 15.8. The highest BCUT2D eigenvalue weighted by atomic mass is 32.2. The van der Waals surface area contributed by atoms with Crippen molar-refractivity contribution in [2.24, 2.45) is 11.8 Å². The molecule has 0 aliphatic carbocycles. The van der Waals surface area contributed by atoms with Gasteiger partial charge in [0.15, 0.2) is 5.11 Å². The molecule has 0 radical (unpaired) electrons. The summed E-state index contributed by atoms with van der Waals surface area (Å²) in [5.41, 5.74) is 2.27. The van der Waals surface area contributed by atoms with Crippen LogP contribution in [0.15, 0.2) is 59.5 Å². The van der Waals surface area contributed by atoms with E-state index < -0.39 is 0 Å². The Balaban J connectivity index is 1.40. The third-order valence-electron chi connectivity index (χ3n) is 6.10. The fourth-order valence-corrected chi connectivity index (χ4v) is 4.71. The summed E-state index contributed by atoms with van der Waals surface area (Å²) in [6, 6.07) is 18.2. The quantitative estimate of drug-likeness (QED) is 0.353. The number of anilines is 1. The smallest absolute Gasteiger partial charge is 0.242 e. The number of carbonyl (C=O) groups is 1. The van der Waals surface area contributed by atoms with Crippen molar-refractivity contribution in [2.45, 2.75) is 44.2 Å². The number of amides is 1. The van der Waals surface area contributed by atoms with Gasteiger partial charge in [-0.05, 0) is 86.1 Å². The lowest BCUT2D eigenvalue weighted by Gasteiger charge is -2.32.